The molecule has 2 aromatic heterocycles. The number of carbonyl (C=O) groups excluding carboxylic acids is 1. The fourth-order valence-corrected chi connectivity index (χ4v) is 3.93. The number of methoxy groups -OCH3 is 1. The Balaban J connectivity index is 1.56. The highest BCUT2D eigenvalue weighted by Crippen LogP contribution is 2.47. The van der Waals surface area contributed by atoms with Crippen LogP contribution < -0.4 is 0 Å². The fraction of sp³-hybridized carbons (Fsp3) is 0.647. The SMILES string of the molecule is COCc1nc([C@H]2CN(C(=O)c3cn(C)nc3C)C[C@@H]2C2CC2)n[nH]1. The van der Waals surface area contributed by atoms with Gasteiger partial charge >= 0.3 is 0 Å². The van der Waals surface area contributed by atoms with E-state index < -0.39 is 0 Å². The van der Waals surface area contributed by atoms with Gasteiger partial charge in [-0.25, -0.2) is 4.98 Å². The zero-order chi connectivity index (χ0) is 17.6. The van der Waals surface area contributed by atoms with Crippen LogP contribution in [0.4, 0.5) is 0 Å². The zero-order valence-electron chi connectivity index (χ0n) is 14.9. The third-order valence-electron chi connectivity index (χ3n) is 5.29. The van der Waals surface area contributed by atoms with E-state index in [0.29, 0.717) is 30.6 Å². The van der Waals surface area contributed by atoms with E-state index in [1.807, 2.05) is 18.9 Å². The van der Waals surface area contributed by atoms with Gasteiger partial charge in [-0.05, 0) is 31.6 Å². The van der Waals surface area contributed by atoms with Crippen molar-refractivity contribution >= 4 is 5.91 Å². The van der Waals surface area contributed by atoms with Crippen LogP contribution in [0.2, 0.25) is 0 Å². The minimum atomic E-state index is 0.0615. The van der Waals surface area contributed by atoms with Crippen LogP contribution in [0, 0.1) is 18.8 Å². The number of aryl methyl sites for hydroxylation is 2. The van der Waals surface area contributed by atoms with Crippen LogP contribution in [0.15, 0.2) is 6.20 Å². The van der Waals surface area contributed by atoms with Crippen molar-refractivity contribution in [3.05, 3.63) is 29.1 Å². The molecular formula is C17H24N6O2. The van der Waals surface area contributed by atoms with Crippen LogP contribution in [-0.4, -0.2) is 56.0 Å². The summed E-state index contributed by atoms with van der Waals surface area (Å²) >= 11 is 0. The van der Waals surface area contributed by atoms with E-state index >= 15 is 0 Å². The number of hydrogen-bond acceptors (Lipinski definition) is 5. The van der Waals surface area contributed by atoms with Gasteiger partial charge in [0.05, 0.1) is 11.3 Å². The monoisotopic (exact) mass is 344 g/mol. The molecule has 8 nitrogen and oxygen atoms in total. The largest absolute Gasteiger partial charge is 0.377 e. The minimum Gasteiger partial charge on any atom is -0.377 e. The van der Waals surface area contributed by atoms with Crippen LogP contribution in [-0.2, 0) is 18.4 Å². The average molecular weight is 344 g/mol. The quantitative estimate of drug-likeness (QED) is 0.882. The number of hydrogen-bond donors (Lipinski definition) is 1. The fourth-order valence-electron chi connectivity index (χ4n) is 3.93. The molecule has 1 amide bonds. The number of aromatic amines is 1. The predicted molar refractivity (Wildman–Crippen MR) is 89.9 cm³/mol. The lowest BCUT2D eigenvalue weighted by molar-refractivity contribution is 0.0784. The van der Waals surface area contributed by atoms with Gasteiger partial charge in [0.2, 0.25) is 0 Å². The van der Waals surface area contributed by atoms with E-state index in [9.17, 15) is 4.79 Å². The number of rotatable bonds is 5. The summed E-state index contributed by atoms with van der Waals surface area (Å²) in [6.07, 6.45) is 4.29. The average Bonchev–Trinajstić information content (AvgIpc) is 3.01. The van der Waals surface area contributed by atoms with Crippen LogP contribution in [0.1, 0.15) is 46.5 Å². The van der Waals surface area contributed by atoms with Crippen LogP contribution in [0.3, 0.4) is 0 Å². The maximum absolute atomic E-state index is 13.0. The Labute approximate surface area is 146 Å². The molecule has 0 aromatic carbocycles. The lowest BCUT2D eigenvalue weighted by Gasteiger charge is -2.15. The van der Waals surface area contributed by atoms with Gasteiger partial charge in [0.25, 0.3) is 5.91 Å². The first kappa shape index (κ1) is 16.3. The second kappa shape index (κ2) is 6.25. The summed E-state index contributed by atoms with van der Waals surface area (Å²) < 4.78 is 6.81. The number of H-pyrrole nitrogens is 1. The van der Waals surface area contributed by atoms with Crippen LogP contribution >= 0.6 is 0 Å². The van der Waals surface area contributed by atoms with E-state index in [1.165, 1.54) is 12.8 Å². The normalized spacial score (nSPS) is 23.4. The van der Waals surface area contributed by atoms with Gasteiger partial charge in [-0.2, -0.15) is 10.2 Å². The Hall–Kier alpha value is -2.22. The summed E-state index contributed by atoms with van der Waals surface area (Å²) in [5.41, 5.74) is 1.46. The van der Waals surface area contributed by atoms with Gasteiger partial charge in [0, 0.05) is 39.4 Å². The summed E-state index contributed by atoms with van der Waals surface area (Å²) in [7, 11) is 3.48. The number of ether oxygens (including phenoxy) is 1. The molecule has 2 aliphatic rings. The Bertz CT molecular complexity index is 778. The summed E-state index contributed by atoms with van der Waals surface area (Å²) in [5, 5.41) is 11.6. The molecule has 25 heavy (non-hydrogen) atoms. The molecule has 2 atom stereocenters. The Morgan fingerprint density at radius 2 is 2.20 bits per heavy atom. The molecule has 1 aliphatic carbocycles. The highest BCUT2D eigenvalue weighted by atomic mass is 16.5. The minimum absolute atomic E-state index is 0.0615. The molecule has 0 radical (unpaired) electrons. The standard InChI is InChI=1S/C17H24N6O2/c1-10-12(6-22(2)21-10)17(24)23-7-13(11-4-5-11)14(8-23)16-18-15(9-25-3)19-20-16/h6,11,13-14H,4-5,7-9H2,1-3H3,(H,18,19,20)/t13-,14+/m1/s1. The van der Waals surface area contributed by atoms with E-state index in [-0.39, 0.29) is 11.8 Å². The van der Waals surface area contributed by atoms with Crippen molar-refractivity contribution in [1.82, 2.24) is 29.9 Å². The van der Waals surface area contributed by atoms with Crippen molar-refractivity contribution in [1.29, 1.82) is 0 Å². The molecule has 4 rings (SSSR count). The Kier molecular flexibility index (Phi) is 4.07. The van der Waals surface area contributed by atoms with Crippen LogP contribution in [0.5, 0.6) is 0 Å². The lowest BCUT2D eigenvalue weighted by Crippen LogP contribution is -2.29. The van der Waals surface area contributed by atoms with Crippen molar-refractivity contribution < 1.29 is 9.53 Å². The predicted octanol–water partition coefficient (Wildman–Crippen LogP) is 1.26. The summed E-state index contributed by atoms with van der Waals surface area (Å²) in [5.74, 6) is 2.91. The van der Waals surface area contributed by atoms with Gasteiger partial charge in [-0.3, -0.25) is 14.6 Å². The Morgan fingerprint density at radius 3 is 2.84 bits per heavy atom. The van der Waals surface area contributed by atoms with Crippen molar-refractivity contribution in [2.75, 3.05) is 20.2 Å². The van der Waals surface area contributed by atoms with Gasteiger partial charge in [-0.15, -0.1) is 0 Å². The summed E-state index contributed by atoms with van der Waals surface area (Å²) in [4.78, 5) is 19.5. The molecule has 1 N–H and O–H groups in total. The maximum Gasteiger partial charge on any atom is 0.257 e. The molecule has 1 saturated heterocycles. The first-order chi connectivity index (χ1) is 12.1. The lowest BCUT2D eigenvalue weighted by atomic mass is 9.91. The van der Waals surface area contributed by atoms with Crippen molar-refractivity contribution in [3.63, 3.8) is 0 Å². The first-order valence-corrected chi connectivity index (χ1v) is 8.76. The molecule has 8 heteroatoms. The number of nitrogens with zero attached hydrogens (tertiary/aromatic N) is 5. The molecule has 2 fully saturated rings. The second-order valence-electron chi connectivity index (χ2n) is 7.19. The first-order valence-electron chi connectivity index (χ1n) is 8.76. The van der Waals surface area contributed by atoms with Gasteiger partial charge in [-0.1, -0.05) is 0 Å². The molecule has 0 spiro atoms. The van der Waals surface area contributed by atoms with E-state index in [4.69, 9.17) is 4.74 Å². The van der Waals surface area contributed by atoms with Crippen molar-refractivity contribution in [2.45, 2.75) is 32.3 Å². The van der Waals surface area contributed by atoms with E-state index in [0.717, 1.165) is 23.9 Å². The number of nitrogens with one attached hydrogen (secondary N) is 1. The summed E-state index contributed by atoms with van der Waals surface area (Å²) in [6.45, 7) is 3.74. The molecular weight excluding hydrogens is 320 g/mol. The van der Waals surface area contributed by atoms with Crippen molar-refractivity contribution in [3.8, 4) is 0 Å². The molecule has 2 aromatic rings. The van der Waals surface area contributed by atoms with Gasteiger partial charge in [0.15, 0.2) is 11.6 Å². The summed E-state index contributed by atoms with van der Waals surface area (Å²) in [6, 6.07) is 0. The third kappa shape index (κ3) is 3.06. The van der Waals surface area contributed by atoms with Crippen molar-refractivity contribution in [2.24, 2.45) is 18.9 Å². The number of likely N-dealkylation sites (tertiary alicyclic amines) is 1. The highest BCUT2D eigenvalue weighted by molar-refractivity contribution is 5.95. The number of amides is 1. The Morgan fingerprint density at radius 1 is 1.40 bits per heavy atom. The zero-order valence-corrected chi connectivity index (χ0v) is 14.9. The molecule has 3 heterocycles. The molecule has 0 unspecified atom stereocenters. The highest BCUT2D eigenvalue weighted by Gasteiger charge is 2.46. The molecule has 0 bridgehead atoms. The molecule has 1 saturated carbocycles. The molecule has 1 aliphatic heterocycles. The molecule has 134 valence electrons. The smallest absolute Gasteiger partial charge is 0.257 e. The number of aromatic nitrogens is 5. The van der Waals surface area contributed by atoms with Gasteiger partial charge in [0.1, 0.15) is 6.61 Å². The second-order valence-corrected chi connectivity index (χ2v) is 7.19. The van der Waals surface area contributed by atoms with E-state index in [1.54, 1.807) is 18.0 Å². The van der Waals surface area contributed by atoms with E-state index in [2.05, 4.69) is 20.3 Å². The topological polar surface area (TPSA) is 88.9 Å². The third-order valence-corrected chi connectivity index (χ3v) is 5.29. The van der Waals surface area contributed by atoms with Crippen LogP contribution in [0.25, 0.3) is 0 Å². The maximum atomic E-state index is 13.0. The van der Waals surface area contributed by atoms with Gasteiger partial charge < -0.3 is 9.64 Å². The number of carbonyl (C=O) groups is 1.